The van der Waals surface area contributed by atoms with Crippen LogP contribution in [-0.2, 0) is 13.4 Å². The summed E-state index contributed by atoms with van der Waals surface area (Å²) in [6, 6.07) is 8.52. The van der Waals surface area contributed by atoms with Crippen LogP contribution < -0.4 is 0 Å². The van der Waals surface area contributed by atoms with Crippen LogP contribution in [0.3, 0.4) is 0 Å². The van der Waals surface area contributed by atoms with Crippen LogP contribution in [0.1, 0.15) is 5.56 Å². The van der Waals surface area contributed by atoms with E-state index >= 15 is 0 Å². The standard InChI is InChI=1S/C8H10O6P2/c9-15(10,14-16(11,12)13)7-6-8-4-2-1-3-5-8/h1-7H,(H,9,10)(H2,11,12,13). The van der Waals surface area contributed by atoms with E-state index in [4.69, 9.17) is 14.7 Å². The second kappa shape index (κ2) is 5.06. The van der Waals surface area contributed by atoms with Gasteiger partial charge in [0.1, 0.15) is 0 Å². The van der Waals surface area contributed by atoms with Gasteiger partial charge in [-0.15, -0.1) is 0 Å². The molecule has 0 saturated carbocycles. The van der Waals surface area contributed by atoms with Crippen molar-refractivity contribution in [2.45, 2.75) is 0 Å². The molecule has 6 nitrogen and oxygen atoms in total. The molecule has 1 aromatic carbocycles. The second-order valence-corrected chi connectivity index (χ2v) is 5.92. The zero-order valence-corrected chi connectivity index (χ0v) is 9.79. The third kappa shape index (κ3) is 5.37. The molecule has 16 heavy (non-hydrogen) atoms. The Bertz CT molecular complexity index is 463. The highest BCUT2D eigenvalue weighted by atomic mass is 31.3. The van der Waals surface area contributed by atoms with E-state index in [1.165, 1.54) is 6.08 Å². The molecule has 3 N–H and O–H groups in total. The second-order valence-electron chi connectivity index (χ2n) is 2.86. The predicted octanol–water partition coefficient (Wildman–Crippen LogP) is 1.95. The van der Waals surface area contributed by atoms with Crippen LogP contribution in [0, 0.1) is 0 Å². The van der Waals surface area contributed by atoms with Crippen molar-refractivity contribution in [1.82, 2.24) is 0 Å². The SMILES string of the molecule is O=P(O)(O)OP(=O)(O)C=Cc1ccccc1. The van der Waals surface area contributed by atoms with E-state index < -0.39 is 15.4 Å². The van der Waals surface area contributed by atoms with E-state index in [1.807, 2.05) is 0 Å². The minimum absolute atomic E-state index is 0.617. The summed E-state index contributed by atoms with van der Waals surface area (Å²) in [5.74, 6) is 0.724. The molecule has 0 fully saturated rings. The fraction of sp³-hybridized carbons (Fsp3) is 0. The molecule has 0 heterocycles. The van der Waals surface area contributed by atoms with Crippen LogP contribution in [-0.4, -0.2) is 14.7 Å². The van der Waals surface area contributed by atoms with Crippen molar-refractivity contribution in [1.29, 1.82) is 0 Å². The summed E-state index contributed by atoms with van der Waals surface area (Å²) in [7, 11) is -9.40. The monoisotopic (exact) mass is 264 g/mol. The van der Waals surface area contributed by atoms with Crippen LogP contribution >= 0.6 is 15.4 Å². The predicted molar refractivity (Wildman–Crippen MR) is 58.4 cm³/mol. The number of benzene rings is 1. The van der Waals surface area contributed by atoms with Gasteiger partial charge in [-0.05, 0) is 11.6 Å². The van der Waals surface area contributed by atoms with Crippen LogP contribution in [0.15, 0.2) is 36.1 Å². The van der Waals surface area contributed by atoms with Crippen molar-refractivity contribution in [2.75, 3.05) is 0 Å². The Morgan fingerprint density at radius 1 is 1.06 bits per heavy atom. The van der Waals surface area contributed by atoms with Gasteiger partial charge in [0.25, 0.3) is 0 Å². The van der Waals surface area contributed by atoms with E-state index in [9.17, 15) is 9.13 Å². The van der Waals surface area contributed by atoms with Crippen LogP contribution in [0.25, 0.3) is 6.08 Å². The summed E-state index contributed by atoms with van der Waals surface area (Å²) in [4.78, 5) is 25.8. The van der Waals surface area contributed by atoms with Crippen molar-refractivity contribution in [3.8, 4) is 0 Å². The molecule has 88 valence electrons. The van der Waals surface area contributed by atoms with Crippen LogP contribution in [0.4, 0.5) is 0 Å². The highest BCUT2D eigenvalue weighted by Gasteiger charge is 2.27. The molecule has 1 atom stereocenters. The molecular formula is C8H10O6P2. The van der Waals surface area contributed by atoms with E-state index in [-0.39, 0.29) is 0 Å². The average molecular weight is 264 g/mol. The normalized spacial score (nSPS) is 16.2. The Balaban J connectivity index is 2.77. The minimum atomic E-state index is -4.97. The molecule has 0 radical (unpaired) electrons. The molecule has 8 heteroatoms. The number of hydrogen-bond acceptors (Lipinski definition) is 3. The Morgan fingerprint density at radius 2 is 1.62 bits per heavy atom. The van der Waals surface area contributed by atoms with Crippen LogP contribution in [0.2, 0.25) is 0 Å². The van der Waals surface area contributed by atoms with Gasteiger partial charge in [-0.25, -0.2) is 8.88 Å². The average Bonchev–Trinajstić information content (AvgIpc) is 2.13. The molecule has 0 spiro atoms. The third-order valence-corrected chi connectivity index (χ3v) is 3.79. The quantitative estimate of drug-likeness (QED) is 0.718. The first-order chi connectivity index (χ1) is 7.29. The van der Waals surface area contributed by atoms with E-state index in [2.05, 4.69) is 4.31 Å². The van der Waals surface area contributed by atoms with Crippen molar-refractivity contribution < 1.29 is 28.1 Å². The lowest BCUT2D eigenvalue weighted by Gasteiger charge is -2.07. The van der Waals surface area contributed by atoms with Crippen molar-refractivity contribution in [2.24, 2.45) is 0 Å². The fourth-order valence-electron chi connectivity index (χ4n) is 0.924. The summed E-state index contributed by atoms with van der Waals surface area (Å²) < 4.78 is 25.3. The van der Waals surface area contributed by atoms with E-state index in [1.54, 1.807) is 30.3 Å². The number of rotatable bonds is 4. The van der Waals surface area contributed by atoms with Gasteiger partial charge in [-0.2, -0.15) is 0 Å². The Hall–Kier alpha value is -0.740. The maximum absolute atomic E-state index is 11.2. The summed E-state index contributed by atoms with van der Waals surface area (Å²) in [5.41, 5.74) is 0.617. The van der Waals surface area contributed by atoms with Gasteiger partial charge in [0.05, 0.1) is 0 Å². The minimum Gasteiger partial charge on any atom is -0.321 e. The van der Waals surface area contributed by atoms with Gasteiger partial charge in [0, 0.05) is 5.82 Å². The van der Waals surface area contributed by atoms with Gasteiger partial charge >= 0.3 is 15.4 Å². The first-order valence-corrected chi connectivity index (χ1v) is 7.30. The summed E-state index contributed by atoms with van der Waals surface area (Å²) in [5, 5.41) is 0. The molecule has 0 aromatic heterocycles. The Kier molecular flexibility index (Phi) is 4.21. The molecule has 0 saturated heterocycles. The lowest BCUT2D eigenvalue weighted by atomic mass is 10.2. The highest BCUT2D eigenvalue weighted by molar-refractivity contribution is 7.65. The largest absolute Gasteiger partial charge is 0.477 e. The molecule has 1 unspecified atom stereocenters. The molecule has 0 aliphatic heterocycles. The zero-order chi connectivity index (χ0) is 12.2. The Morgan fingerprint density at radius 3 is 2.12 bits per heavy atom. The molecule has 0 aliphatic carbocycles. The van der Waals surface area contributed by atoms with Crippen molar-refractivity contribution in [3.63, 3.8) is 0 Å². The van der Waals surface area contributed by atoms with Gasteiger partial charge < -0.3 is 14.7 Å². The third-order valence-electron chi connectivity index (χ3n) is 1.48. The van der Waals surface area contributed by atoms with Crippen LogP contribution in [0.5, 0.6) is 0 Å². The number of phosphoric acid groups is 1. The first-order valence-electron chi connectivity index (χ1n) is 4.12. The molecule has 0 amide bonds. The van der Waals surface area contributed by atoms with E-state index in [0.29, 0.717) is 5.56 Å². The lowest BCUT2D eigenvalue weighted by Crippen LogP contribution is -1.84. The smallest absolute Gasteiger partial charge is 0.321 e. The topological polar surface area (TPSA) is 104 Å². The summed E-state index contributed by atoms with van der Waals surface area (Å²) in [6.45, 7) is 0. The molecule has 0 bridgehead atoms. The van der Waals surface area contributed by atoms with Crippen molar-refractivity contribution >= 4 is 21.5 Å². The Labute approximate surface area is 92.0 Å². The van der Waals surface area contributed by atoms with Crippen molar-refractivity contribution in [3.05, 3.63) is 41.7 Å². The summed E-state index contributed by atoms with van der Waals surface area (Å²) in [6.07, 6.45) is 1.25. The fourth-order valence-corrected chi connectivity index (χ4v) is 2.72. The first kappa shape index (κ1) is 13.3. The van der Waals surface area contributed by atoms with Gasteiger partial charge in [-0.1, -0.05) is 30.3 Å². The summed E-state index contributed by atoms with van der Waals surface area (Å²) >= 11 is 0. The molecule has 1 rings (SSSR count). The maximum Gasteiger partial charge on any atom is 0.477 e. The lowest BCUT2D eigenvalue weighted by molar-refractivity contribution is 0.267. The molecular weight excluding hydrogens is 254 g/mol. The molecule has 1 aromatic rings. The number of hydrogen-bond donors (Lipinski definition) is 3. The van der Waals surface area contributed by atoms with Gasteiger partial charge in [0.2, 0.25) is 0 Å². The molecule has 0 aliphatic rings. The highest BCUT2D eigenvalue weighted by Crippen LogP contribution is 2.57. The maximum atomic E-state index is 11.2. The zero-order valence-electron chi connectivity index (χ0n) is 8.00. The van der Waals surface area contributed by atoms with Gasteiger partial charge in [0.15, 0.2) is 0 Å². The van der Waals surface area contributed by atoms with Gasteiger partial charge in [-0.3, -0.25) is 4.57 Å². The van der Waals surface area contributed by atoms with E-state index in [0.717, 1.165) is 5.82 Å².